The Kier molecular flexibility index (Phi) is 16.6. The van der Waals surface area contributed by atoms with Gasteiger partial charge in [0.05, 0.1) is 13.2 Å². The molecule has 0 saturated heterocycles. The lowest BCUT2D eigenvalue weighted by atomic mass is 9.79. The van der Waals surface area contributed by atoms with Gasteiger partial charge in [-0.05, 0) is 145 Å². The van der Waals surface area contributed by atoms with Crippen molar-refractivity contribution in [2.45, 2.75) is 33.1 Å². The molecule has 0 saturated carbocycles. The minimum Gasteiger partial charge on any atom is -0.504 e. The van der Waals surface area contributed by atoms with E-state index in [1.807, 2.05) is 38.1 Å². The molecular weight excluding hydrogens is 882 g/mol. The molecule has 5 N–H and O–H groups in total. The van der Waals surface area contributed by atoms with E-state index < -0.39 is 7.12 Å². The molecule has 0 spiro atoms. The molecule has 0 atom stereocenters. The van der Waals surface area contributed by atoms with Crippen molar-refractivity contribution in [3.63, 3.8) is 0 Å². The van der Waals surface area contributed by atoms with Gasteiger partial charge in [0.1, 0.15) is 39.8 Å². The minimum atomic E-state index is -1.61. The Morgan fingerprint density at radius 3 is 1.22 bits per heavy atom. The van der Waals surface area contributed by atoms with E-state index in [0.717, 1.165) is 49.5 Å². The number of phenols is 3. The van der Waals surface area contributed by atoms with Gasteiger partial charge in [0, 0.05) is 40.2 Å². The molecule has 15 heteroatoms. The summed E-state index contributed by atoms with van der Waals surface area (Å²) in [7, 11) is -1.61. The highest BCUT2D eigenvalue weighted by molar-refractivity contribution is 6.60. The lowest BCUT2D eigenvalue weighted by molar-refractivity contribution is 0.321. The minimum absolute atomic E-state index is 0. The Bertz CT molecular complexity index is 3090. The van der Waals surface area contributed by atoms with Crippen molar-refractivity contribution in [3.05, 3.63) is 197 Å². The average molecular weight is 928 g/mol. The van der Waals surface area contributed by atoms with Crippen LogP contribution in [0.1, 0.15) is 47.2 Å². The van der Waals surface area contributed by atoms with Crippen molar-refractivity contribution < 1.29 is 48.0 Å². The molecule has 6 aromatic carbocycles. The SMILES string of the molecule is CCOc1c(B(O)O)ccc2cc(Cc3ccc(F)cc3)cnc12.CCOc1c(O)ccc2cc(Cc3ccc(F)cc3)cnc12.Cl.Oc1ccc2cc(Cc3ccc(F)cc3)cnc2c1O. The Labute approximate surface area is 391 Å². The van der Waals surface area contributed by atoms with Crippen LogP contribution >= 0.6 is 12.4 Å². The molecule has 3 aromatic heterocycles. The Morgan fingerprint density at radius 2 is 0.806 bits per heavy atom. The third kappa shape index (κ3) is 12.5. The molecule has 9 aromatic rings. The van der Waals surface area contributed by atoms with Gasteiger partial charge in [0.25, 0.3) is 0 Å². The molecule has 0 aliphatic rings. The number of fused-ring (bicyclic) bond motifs is 3. The standard InChI is InChI=1S/C18H17BFNO3.C18H16FNO2.C16H12FNO2.ClH/c1-2-24-18-16(19(22)23)8-5-14-10-13(11-21-17(14)18)9-12-3-6-15(20)7-4-12;1-2-22-18-16(21)8-5-14-10-13(11-20-17(14)18)9-12-3-6-15(19)7-4-12;17-13-4-1-10(2-5-13)7-11-8-12-3-6-14(19)16(20)15(12)18-9-11;/h3-8,10-11,22-23H,2,9H2,1H3;3-8,10-11,21H,2,9H2,1H3;1-6,8-9,19-20H,7H2;1H. The summed E-state index contributed by atoms with van der Waals surface area (Å²) < 4.78 is 49.8. The summed E-state index contributed by atoms with van der Waals surface area (Å²) in [6.45, 7) is 4.56. The first kappa shape index (κ1) is 49.1. The van der Waals surface area contributed by atoms with Gasteiger partial charge in [-0.15, -0.1) is 12.4 Å². The number of aromatic nitrogens is 3. The number of ether oxygens (including phenoxy) is 2. The van der Waals surface area contributed by atoms with E-state index in [0.29, 0.717) is 66.0 Å². The first-order valence-corrected chi connectivity index (χ1v) is 21.1. The van der Waals surface area contributed by atoms with E-state index in [2.05, 4.69) is 15.0 Å². The van der Waals surface area contributed by atoms with Crippen molar-refractivity contribution in [1.82, 2.24) is 15.0 Å². The van der Waals surface area contributed by atoms with Crippen molar-refractivity contribution in [1.29, 1.82) is 0 Å². The van der Waals surface area contributed by atoms with Crippen LogP contribution in [0.25, 0.3) is 32.7 Å². The van der Waals surface area contributed by atoms with Crippen LogP contribution in [-0.2, 0) is 19.3 Å². The molecule has 9 rings (SSSR count). The lowest BCUT2D eigenvalue weighted by Gasteiger charge is -2.13. The Hall–Kier alpha value is -7.39. The van der Waals surface area contributed by atoms with Crippen molar-refractivity contribution in [3.8, 4) is 28.7 Å². The fourth-order valence-corrected chi connectivity index (χ4v) is 7.26. The molecular formula is C52H46BClF3N3O7. The van der Waals surface area contributed by atoms with Gasteiger partial charge in [0.2, 0.25) is 0 Å². The highest BCUT2D eigenvalue weighted by Gasteiger charge is 2.20. The second-order valence-corrected chi connectivity index (χ2v) is 15.2. The summed E-state index contributed by atoms with van der Waals surface area (Å²) in [6, 6.07) is 35.0. The maximum atomic E-state index is 13.0. The number of pyridine rings is 3. The van der Waals surface area contributed by atoms with Gasteiger partial charge < -0.3 is 34.8 Å². The summed E-state index contributed by atoms with van der Waals surface area (Å²) in [6.07, 6.45) is 7.07. The summed E-state index contributed by atoms with van der Waals surface area (Å²) in [5.74, 6) is -0.262. The fourth-order valence-electron chi connectivity index (χ4n) is 7.26. The molecule has 342 valence electrons. The third-order valence-corrected chi connectivity index (χ3v) is 10.4. The highest BCUT2D eigenvalue weighted by atomic mass is 35.5. The van der Waals surface area contributed by atoms with E-state index in [1.165, 1.54) is 42.5 Å². The smallest absolute Gasteiger partial charge is 0.492 e. The van der Waals surface area contributed by atoms with Crippen LogP contribution in [-0.4, -0.2) is 60.7 Å². The fraction of sp³-hybridized carbons (Fsp3) is 0.135. The van der Waals surface area contributed by atoms with Gasteiger partial charge >= 0.3 is 7.12 Å². The number of halogens is 4. The average Bonchev–Trinajstić information content (AvgIpc) is 3.31. The van der Waals surface area contributed by atoms with Crippen LogP contribution < -0.4 is 14.9 Å². The van der Waals surface area contributed by atoms with E-state index >= 15 is 0 Å². The second-order valence-electron chi connectivity index (χ2n) is 15.2. The number of benzene rings is 6. The van der Waals surface area contributed by atoms with Gasteiger partial charge in [-0.1, -0.05) is 48.5 Å². The lowest BCUT2D eigenvalue weighted by Crippen LogP contribution is -2.31. The zero-order chi connectivity index (χ0) is 46.7. The van der Waals surface area contributed by atoms with Gasteiger partial charge in [-0.2, -0.15) is 0 Å². The molecule has 0 unspecified atom stereocenters. The normalized spacial score (nSPS) is 10.7. The molecule has 0 radical (unpaired) electrons. The monoisotopic (exact) mass is 927 g/mol. The van der Waals surface area contributed by atoms with Crippen LogP contribution in [0, 0.1) is 17.5 Å². The van der Waals surface area contributed by atoms with Crippen molar-refractivity contribution in [2.75, 3.05) is 13.2 Å². The van der Waals surface area contributed by atoms with Crippen molar-refractivity contribution >= 4 is 57.7 Å². The van der Waals surface area contributed by atoms with Crippen LogP contribution in [0.4, 0.5) is 13.2 Å². The maximum Gasteiger partial charge on any atom is 0.492 e. The first-order chi connectivity index (χ1) is 31.9. The quantitative estimate of drug-likeness (QED) is 0.0625. The number of nitrogens with zero attached hydrogens (tertiary/aromatic N) is 3. The molecule has 0 aliphatic carbocycles. The Balaban J connectivity index is 0.000000165. The maximum absolute atomic E-state index is 13.0. The molecule has 0 bridgehead atoms. The van der Waals surface area contributed by atoms with Gasteiger partial charge in [0.15, 0.2) is 23.0 Å². The zero-order valence-corrected chi connectivity index (χ0v) is 37.2. The van der Waals surface area contributed by atoms with E-state index in [-0.39, 0.29) is 47.1 Å². The number of phenolic OH excluding ortho intramolecular Hbond substituents is 3. The predicted octanol–water partition coefficient (Wildman–Crippen LogP) is 9.91. The topological polar surface area (TPSA) is 158 Å². The molecule has 3 heterocycles. The number of aromatic hydroxyl groups is 3. The first-order valence-electron chi connectivity index (χ1n) is 21.1. The third-order valence-electron chi connectivity index (χ3n) is 10.4. The molecule has 0 amide bonds. The largest absolute Gasteiger partial charge is 0.504 e. The predicted molar refractivity (Wildman–Crippen MR) is 257 cm³/mol. The molecule has 67 heavy (non-hydrogen) atoms. The van der Waals surface area contributed by atoms with E-state index in [1.54, 1.807) is 79.3 Å². The van der Waals surface area contributed by atoms with Crippen LogP contribution in [0.5, 0.6) is 28.7 Å². The molecule has 0 aliphatic heterocycles. The van der Waals surface area contributed by atoms with E-state index in [9.17, 15) is 38.5 Å². The van der Waals surface area contributed by atoms with Gasteiger partial charge in [-0.3, -0.25) is 15.0 Å². The van der Waals surface area contributed by atoms with Gasteiger partial charge in [-0.25, -0.2) is 13.2 Å². The molecule has 0 fully saturated rings. The van der Waals surface area contributed by atoms with Crippen LogP contribution in [0.3, 0.4) is 0 Å². The highest BCUT2D eigenvalue weighted by Crippen LogP contribution is 2.35. The van der Waals surface area contributed by atoms with Crippen LogP contribution in [0.15, 0.2) is 146 Å². The Morgan fingerprint density at radius 1 is 0.448 bits per heavy atom. The zero-order valence-electron chi connectivity index (χ0n) is 36.4. The number of hydrogen-bond acceptors (Lipinski definition) is 10. The summed E-state index contributed by atoms with van der Waals surface area (Å²) in [4.78, 5) is 13.0. The summed E-state index contributed by atoms with van der Waals surface area (Å²) in [5, 5.41) is 50.5. The van der Waals surface area contributed by atoms with Crippen molar-refractivity contribution in [2.24, 2.45) is 0 Å². The van der Waals surface area contributed by atoms with Crippen LogP contribution in [0.2, 0.25) is 0 Å². The summed E-state index contributed by atoms with van der Waals surface area (Å²) in [5.41, 5.74) is 7.84. The summed E-state index contributed by atoms with van der Waals surface area (Å²) >= 11 is 0. The second kappa shape index (κ2) is 22.7. The number of rotatable bonds is 11. The number of hydrogen-bond donors (Lipinski definition) is 5. The van der Waals surface area contributed by atoms with E-state index in [4.69, 9.17) is 9.47 Å². The molecule has 10 nitrogen and oxygen atoms in total.